The van der Waals surface area contributed by atoms with Crippen LogP contribution in [0.1, 0.15) is 56.8 Å². The highest BCUT2D eigenvalue weighted by Gasteiger charge is 2.34. The van der Waals surface area contributed by atoms with Gasteiger partial charge in [-0.2, -0.15) is 0 Å². The Morgan fingerprint density at radius 1 is 1.11 bits per heavy atom. The van der Waals surface area contributed by atoms with Gasteiger partial charge in [-0.3, -0.25) is 14.6 Å². The zero-order valence-electron chi connectivity index (χ0n) is 21.5. The number of nitrogens with two attached hydrogens (primary N) is 1. The minimum Gasteiger partial charge on any atom is -0.492 e. The van der Waals surface area contributed by atoms with E-state index in [9.17, 15) is 14.0 Å². The summed E-state index contributed by atoms with van der Waals surface area (Å²) in [5, 5.41) is 0. The number of carbonyl (C=O) groups is 2. The van der Waals surface area contributed by atoms with E-state index in [1.165, 1.54) is 17.0 Å². The van der Waals surface area contributed by atoms with Crippen molar-refractivity contribution in [2.45, 2.75) is 52.5 Å². The lowest BCUT2D eigenvalue weighted by Gasteiger charge is -2.35. The fourth-order valence-electron chi connectivity index (χ4n) is 5.14. The van der Waals surface area contributed by atoms with E-state index in [2.05, 4.69) is 30.7 Å². The number of amides is 2. The van der Waals surface area contributed by atoms with E-state index in [1.807, 2.05) is 6.07 Å². The van der Waals surface area contributed by atoms with Crippen molar-refractivity contribution in [1.82, 2.24) is 14.8 Å². The molecule has 7 nitrogen and oxygen atoms in total. The van der Waals surface area contributed by atoms with Gasteiger partial charge in [-0.1, -0.05) is 26.8 Å². The highest BCUT2D eigenvalue weighted by molar-refractivity contribution is 5.98. The summed E-state index contributed by atoms with van der Waals surface area (Å²) in [7, 11) is 0. The van der Waals surface area contributed by atoms with Crippen LogP contribution >= 0.6 is 0 Å². The van der Waals surface area contributed by atoms with Gasteiger partial charge in [0.05, 0.1) is 24.1 Å². The van der Waals surface area contributed by atoms with Crippen molar-refractivity contribution in [3.8, 4) is 17.0 Å². The number of rotatable bonds is 7. The van der Waals surface area contributed by atoms with Crippen molar-refractivity contribution in [3.63, 3.8) is 0 Å². The number of nitrogens with zero attached hydrogens (tertiary/aromatic N) is 3. The molecule has 2 aliphatic heterocycles. The van der Waals surface area contributed by atoms with Crippen molar-refractivity contribution in [3.05, 3.63) is 47.9 Å². The Hall–Kier alpha value is -3.00. The highest BCUT2D eigenvalue weighted by atomic mass is 19.1. The number of halogens is 1. The first-order valence-corrected chi connectivity index (χ1v) is 12.8. The Bertz CT molecular complexity index is 1080. The molecule has 0 spiro atoms. The Labute approximate surface area is 212 Å². The molecule has 1 atom stereocenters. The number of hydrogen-bond donors (Lipinski definition) is 1. The van der Waals surface area contributed by atoms with Crippen LogP contribution in [0.15, 0.2) is 36.5 Å². The molecule has 2 saturated heterocycles. The van der Waals surface area contributed by atoms with Gasteiger partial charge in [0, 0.05) is 18.7 Å². The molecule has 0 radical (unpaired) electrons. The molecule has 1 aromatic heterocycles. The van der Waals surface area contributed by atoms with Crippen LogP contribution in [-0.4, -0.2) is 65.4 Å². The summed E-state index contributed by atoms with van der Waals surface area (Å²) in [6.45, 7) is 11.2. The number of pyridine rings is 1. The molecule has 3 heterocycles. The van der Waals surface area contributed by atoms with Gasteiger partial charge >= 0.3 is 0 Å². The van der Waals surface area contributed by atoms with Crippen LogP contribution in [0.2, 0.25) is 0 Å². The van der Waals surface area contributed by atoms with Crippen molar-refractivity contribution < 1.29 is 18.7 Å². The smallest absolute Gasteiger partial charge is 0.257 e. The molecule has 36 heavy (non-hydrogen) atoms. The fraction of sp³-hybridized carbons (Fsp3) is 0.536. The highest BCUT2D eigenvalue weighted by Crippen LogP contribution is 2.27. The molecular weight excluding hydrogens is 459 g/mol. The molecule has 194 valence electrons. The van der Waals surface area contributed by atoms with Crippen LogP contribution < -0.4 is 10.5 Å². The van der Waals surface area contributed by atoms with E-state index in [4.69, 9.17) is 10.5 Å². The maximum Gasteiger partial charge on any atom is 0.257 e. The summed E-state index contributed by atoms with van der Waals surface area (Å²) in [5.74, 6) is -0.497. The predicted octanol–water partition coefficient (Wildman–Crippen LogP) is 4.11. The van der Waals surface area contributed by atoms with E-state index < -0.39 is 23.7 Å². The minimum atomic E-state index is -0.679. The zero-order chi connectivity index (χ0) is 25.9. The normalized spacial score (nSPS) is 19.4. The molecule has 0 saturated carbocycles. The van der Waals surface area contributed by atoms with E-state index in [1.54, 1.807) is 18.3 Å². The third kappa shape index (κ3) is 6.40. The van der Waals surface area contributed by atoms with Crippen LogP contribution in [0.5, 0.6) is 5.75 Å². The molecule has 2 aliphatic rings. The number of aromatic nitrogens is 1. The van der Waals surface area contributed by atoms with Crippen LogP contribution in [0, 0.1) is 17.2 Å². The third-order valence-electron chi connectivity index (χ3n) is 6.96. The second-order valence-corrected chi connectivity index (χ2v) is 11.2. The average molecular weight is 497 g/mol. The molecular formula is C28H37FN4O3. The Kier molecular flexibility index (Phi) is 7.93. The molecule has 2 N–H and O–H groups in total. The molecule has 2 fully saturated rings. The first kappa shape index (κ1) is 26.1. The van der Waals surface area contributed by atoms with Crippen molar-refractivity contribution in [2.24, 2.45) is 17.1 Å². The van der Waals surface area contributed by atoms with E-state index in [-0.39, 0.29) is 5.56 Å². The van der Waals surface area contributed by atoms with Gasteiger partial charge < -0.3 is 20.3 Å². The van der Waals surface area contributed by atoms with Gasteiger partial charge in [0.2, 0.25) is 5.91 Å². The van der Waals surface area contributed by atoms with Crippen LogP contribution in [-0.2, 0) is 4.79 Å². The number of primary amides is 1. The second-order valence-electron chi connectivity index (χ2n) is 11.2. The molecule has 4 rings (SSSR count). The zero-order valence-corrected chi connectivity index (χ0v) is 21.5. The number of ether oxygens (including phenoxy) is 1. The first-order chi connectivity index (χ1) is 17.1. The lowest BCUT2D eigenvalue weighted by atomic mass is 9.92. The van der Waals surface area contributed by atoms with E-state index in [0.29, 0.717) is 54.3 Å². The van der Waals surface area contributed by atoms with Gasteiger partial charge in [0.15, 0.2) is 0 Å². The molecule has 2 amide bonds. The molecule has 8 heteroatoms. The fourth-order valence-corrected chi connectivity index (χ4v) is 5.14. The number of hydrogen-bond acceptors (Lipinski definition) is 5. The maximum atomic E-state index is 14.9. The van der Waals surface area contributed by atoms with Gasteiger partial charge in [0.1, 0.15) is 17.6 Å². The lowest BCUT2D eigenvalue weighted by molar-refractivity contribution is -0.121. The predicted molar refractivity (Wildman–Crippen MR) is 137 cm³/mol. The Morgan fingerprint density at radius 2 is 1.86 bits per heavy atom. The van der Waals surface area contributed by atoms with Crippen LogP contribution in [0.25, 0.3) is 11.3 Å². The number of carbonyl (C=O) groups excluding carboxylic acids is 2. The first-order valence-electron chi connectivity index (χ1n) is 12.8. The summed E-state index contributed by atoms with van der Waals surface area (Å²) in [6, 6.07) is 7.37. The second kappa shape index (κ2) is 10.9. The van der Waals surface area contributed by atoms with Gasteiger partial charge in [0.25, 0.3) is 5.91 Å². The quantitative estimate of drug-likeness (QED) is 0.623. The summed E-state index contributed by atoms with van der Waals surface area (Å²) < 4.78 is 20.9. The summed E-state index contributed by atoms with van der Waals surface area (Å²) in [5.41, 5.74) is 6.80. The van der Waals surface area contributed by atoms with Gasteiger partial charge in [-0.05, 0) is 74.4 Å². The summed E-state index contributed by atoms with van der Waals surface area (Å²) in [4.78, 5) is 32.7. The lowest BCUT2D eigenvalue weighted by Crippen LogP contribution is -2.43. The Balaban J connectivity index is 1.32. The topological polar surface area (TPSA) is 88.8 Å². The number of benzene rings is 1. The molecule has 0 bridgehead atoms. The molecule has 0 unspecified atom stereocenters. The van der Waals surface area contributed by atoms with Crippen molar-refractivity contribution in [1.29, 1.82) is 0 Å². The minimum absolute atomic E-state index is 0.0691. The average Bonchev–Trinajstić information content (AvgIpc) is 3.33. The standard InChI is InChI=1S/C28H37FN4O3/c1-28(2,3)18-32-13-10-19(11-14-32)17-36-21-7-9-24(31-16-21)20-6-8-22(23(29)15-20)27(35)33-12-4-5-25(33)26(30)34/h6-9,15-16,19,25H,4-5,10-14,17-18H2,1-3H3,(H2,30,34)/t25-/m0/s1. The summed E-state index contributed by atoms with van der Waals surface area (Å²) in [6.07, 6.45) is 5.10. The monoisotopic (exact) mass is 496 g/mol. The Morgan fingerprint density at radius 3 is 2.47 bits per heavy atom. The third-order valence-corrected chi connectivity index (χ3v) is 6.96. The van der Waals surface area contributed by atoms with Crippen LogP contribution in [0.4, 0.5) is 4.39 Å². The molecule has 1 aromatic carbocycles. The van der Waals surface area contributed by atoms with E-state index in [0.717, 1.165) is 32.5 Å². The SMILES string of the molecule is CC(C)(C)CN1CCC(COc2ccc(-c3ccc(C(=O)N4CCC[C@H]4C(N)=O)c(F)c3)nc2)CC1. The summed E-state index contributed by atoms with van der Waals surface area (Å²) >= 11 is 0. The number of piperidine rings is 1. The molecule has 0 aliphatic carbocycles. The van der Waals surface area contributed by atoms with E-state index >= 15 is 0 Å². The van der Waals surface area contributed by atoms with Gasteiger partial charge in [-0.15, -0.1) is 0 Å². The van der Waals surface area contributed by atoms with Gasteiger partial charge in [-0.25, -0.2) is 4.39 Å². The van der Waals surface area contributed by atoms with Crippen LogP contribution in [0.3, 0.4) is 0 Å². The molecule has 2 aromatic rings. The largest absolute Gasteiger partial charge is 0.492 e. The van der Waals surface area contributed by atoms with Crippen molar-refractivity contribution >= 4 is 11.8 Å². The van der Waals surface area contributed by atoms with Crippen molar-refractivity contribution in [2.75, 3.05) is 32.8 Å². The number of likely N-dealkylation sites (tertiary alicyclic amines) is 2. The maximum absolute atomic E-state index is 14.9.